The number of aryl methyl sites for hydroxylation is 1. The second kappa shape index (κ2) is 8.51. The minimum absolute atomic E-state index is 0.255. The minimum atomic E-state index is -0.255. The summed E-state index contributed by atoms with van der Waals surface area (Å²) in [5.74, 6) is 0. The molecule has 1 aromatic heterocycles. The lowest BCUT2D eigenvalue weighted by Crippen LogP contribution is -2.27. The van der Waals surface area contributed by atoms with E-state index in [-0.39, 0.29) is 5.56 Å². The Morgan fingerprint density at radius 3 is 2.67 bits per heavy atom. The van der Waals surface area contributed by atoms with Gasteiger partial charge in [0.15, 0.2) is 0 Å². The third-order valence-electron chi connectivity index (χ3n) is 3.92. The van der Waals surface area contributed by atoms with Crippen LogP contribution in [-0.2, 0) is 11.4 Å². The van der Waals surface area contributed by atoms with Gasteiger partial charge in [-0.05, 0) is 25.1 Å². The highest BCUT2D eigenvalue weighted by Crippen LogP contribution is 2.26. The van der Waals surface area contributed by atoms with Crippen LogP contribution in [0.4, 0.5) is 11.4 Å². The Bertz CT molecular complexity index is 1020. The predicted octanol–water partition coefficient (Wildman–Crippen LogP) is 4.31. The van der Waals surface area contributed by atoms with E-state index < -0.39 is 0 Å². The average Bonchev–Trinajstić information content (AvgIpc) is 2.69. The zero-order valence-corrected chi connectivity index (χ0v) is 15.8. The molecule has 0 amide bonds. The van der Waals surface area contributed by atoms with Crippen molar-refractivity contribution in [2.45, 2.75) is 13.5 Å². The molecule has 0 unspecified atom stereocenters. The Morgan fingerprint density at radius 1 is 1.22 bits per heavy atom. The Balaban J connectivity index is 2.25. The highest BCUT2D eigenvalue weighted by molar-refractivity contribution is 6.30. The summed E-state index contributed by atoms with van der Waals surface area (Å²) in [6.45, 7) is 2.31. The van der Waals surface area contributed by atoms with E-state index in [1.807, 2.05) is 49.4 Å². The largest absolute Gasteiger partial charge is 0.399 e. The molecule has 6 nitrogen and oxygen atoms in total. The van der Waals surface area contributed by atoms with Crippen molar-refractivity contribution in [1.29, 1.82) is 0 Å². The first kappa shape index (κ1) is 18.7. The fraction of sp³-hybridized carbons (Fsp3) is 0.150. The summed E-state index contributed by atoms with van der Waals surface area (Å²) in [5.41, 5.74) is 2.83. The van der Waals surface area contributed by atoms with Crippen LogP contribution in [-0.4, -0.2) is 23.1 Å². The molecule has 1 heterocycles. The Hall–Kier alpha value is -3.12. The number of aromatic nitrogens is 2. The third kappa shape index (κ3) is 4.17. The molecular formula is C20H19ClN4O2. The number of anilines is 2. The molecule has 0 spiro atoms. The number of benzene rings is 2. The molecule has 0 radical (unpaired) electrons. The average molecular weight is 383 g/mol. The van der Waals surface area contributed by atoms with Crippen LogP contribution in [0.25, 0.3) is 11.3 Å². The van der Waals surface area contributed by atoms with E-state index in [1.54, 1.807) is 12.1 Å². The summed E-state index contributed by atoms with van der Waals surface area (Å²) in [6, 6.07) is 16.8. The highest BCUT2D eigenvalue weighted by atomic mass is 35.5. The van der Waals surface area contributed by atoms with Crippen LogP contribution in [0.1, 0.15) is 12.5 Å². The van der Waals surface area contributed by atoms with Crippen molar-refractivity contribution in [2.24, 2.45) is 5.16 Å². The first-order chi connectivity index (χ1) is 13.1. The van der Waals surface area contributed by atoms with E-state index in [4.69, 9.17) is 16.4 Å². The number of nitrogens with one attached hydrogen (secondary N) is 1. The number of oxime groups is 1. The smallest absolute Gasteiger partial charge is 0.291 e. The summed E-state index contributed by atoms with van der Waals surface area (Å²) in [6.07, 6.45) is 1.49. The van der Waals surface area contributed by atoms with Crippen molar-refractivity contribution in [3.05, 3.63) is 75.5 Å². The van der Waals surface area contributed by atoms with Gasteiger partial charge in [-0.1, -0.05) is 53.2 Å². The van der Waals surface area contributed by atoms with Crippen molar-refractivity contribution in [1.82, 2.24) is 9.78 Å². The molecule has 0 bridgehead atoms. The zero-order chi connectivity index (χ0) is 19.2. The molecule has 1 N–H and O–H groups in total. The van der Waals surface area contributed by atoms with Gasteiger partial charge in [0.2, 0.25) is 0 Å². The van der Waals surface area contributed by atoms with Gasteiger partial charge in [-0.2, -0.15) is 5.10 Å². The van der Waals surface area contributed by atoms with Gasteiger partial charge >= 0.3 is 0 Å². The quantitative estimate of drug-likeness (QED) is 0.509. The standard InChI is InChI=1S/C20H19ClN4O2/c1-3-25-20(26)19(23-16-11-7-10-15(21)12-16)17(13-22-27-2)18(24-25)14-8-5-4-6-9-14/h4-13,23H,3H2,1-2H3/b22-13+. The molecule has 7 heteroatoms. The fourth-order valence-electron chi connectivity index (χ4n) is 2.67. The number of nitrogens with zero attached hydrogens (tertiary/aromatic N) is 3. The van der Waals surface area contributed by atoms with Gasteiger partial charge in [-0.15, -0.1) is 0 Å². The zero-order valence-electron chi connectivity index (χ0n) is 15.0. The molecule has 0 aliphatic heterocycles. The molecule has 0 atom stereocenters. The molecule has 2 aromatic carbocycles. The molecule has 0 aliphatic carbocycles. The SMILES string of the molecule is CCn1nc(-c2ccccc2)c(/C=N/OC)c(Nc2cccc(Cl)c2)c1=O. The number of hydrogen-bond donors (Lipinski definition) is 1. The predicted molar refractivity (Wildman–Crippen MR) is 109 cm³/mol. The first-order valence-electron chi connectivity index (χ1n) is 8.43. The molecular weight excluding hydrogens is 364 g/mol. The van der Waals surface area contributed by atoms with Crippen LogP contribution in [0.3, 0.4) is 0 Å². The summed E-state index contributed by atoms with van der Waals surface area (Å²) in [5, 5.41) is 12.1. The van der Waals surface area contributed by atoms with Gasteiger partial charge in [-0.25, -0.2) is 4.68 Å². The second-order valence-electron chi connectivity index (χ2n) is 5.68. The van der Waals surface area contributed by atoms with Crippen LogP contribution in [0.15, 0.2) is 64.5 Å². The van der Waals surface area contributed by atoms with E-state index in [0.717, 1.165) is 5.56 Å². The maximum atomic E-state index is 13.0. The van der Waals surface area contributed by atoms with Crippen LogP contribution in [0.2, 0.25) is 5.02 Å². The van der Waals surface area contributed by atoms with E-state index in [2.05, 4.69) is 15.6 Å². The Labute approximate surface area is 162 Å². The van der Waals surface area contributed by atoms with Crippen LogP contribution < -0.4 is 10.9 Å². The van der Waals surface area contributed by atoms with Crippen molar-refractivity contribution in [3.8, 4) is 11.3 Å². The maximum Gasteiger partial charge on any atom is 0.291 e. The maximum absolute atomic E-state index is 13.0. The van der Waals surface area contributed by atoms with E-state index >= 15 is 0 Å². The van der Waals surface area contributed by atoms with E-state index in [9.17, 15) is 4.79 Å². The molecule has 0 saturated heterocycles. The molecule has 0 fully saturated rings. The number of rotatable bonds is 6. The monoisotopic (exact) mass is 382 g/mol. The third-order valence-corrected chi connectivity index (χ3v) is 4.16. The second-order valence-corrected chi connectivity index (χ2v) is 6.11. The van der Waals surface area contributed by atoms with Gasteiger partial charge < -0.3 is 10.2 Å². The van der Waals surface area contributed by atoms with E-state index in [0.29, 0.717) is 34.2 Å². The lowest BCUT2D eigenvalue weighted by Gasteiger charge is -2.15. The van der Waals surface area contributed by atoms with Crippen LogP contribution in [0, 0.1) is 0 Å². The van der Waals surface area contributed by atoms with E-state index in [1.165, 1.54) is 18.0 Å². The summed E-state index contributed by atoms with van der Waals surface area (Å²) >= 11 is 6.08. The van der Waals surface area contributed by atoms with Gasteiger partial charge in [0.25, 0.3) is 5.56 Å². The van der Waals surface area contributed by atoms with Crippen molar-refractivity contribution < 1.29 is 4.84 Å². The van der Waals surface area contributed by atoms with Gasteiger partial charge in [0.1, 0.15) is 18.5 Å². The topological polar surface area (TPSA) is 68.5 Å². The highest BCUT2D eigenvalue weighted by Gasteiger charge is 2.18. The molecule has 27 heavy (non-hydrogen) atoms. The number of halogens is 1. The normalized spacial score (nSPS) is 10.9. The van der Waals surface area contributed by atoms with Crippen molar-refractivity contribution in [2.75, 3.05) is 12.4 Å². The molecule has 138 valence electrons. The van der Waals surface area contributed by atoms with Gasteiger partial charge in [-0.3, -0.25) is 4.79 Å². The molecule has 0 saturated carbocycles. The van der Waals surface area contributed by atoms with Gasteiger partial charge in [0.05, 0.1) is 11.8 Å². The first-order valence-corrected chi connectivity index (χ1v) is 8.81. The summed E-state index contributed by atoms with van der Waals surface area (Å²) in [4.78, 5) is 17.8. The Kier molecular flexibility index (Phi) is 5.88. The summed E-state index contributed by atoms with van der Waals surface area (Å²) < 4.78 is 1.42. The number of hydrogen-bond acceptors (Lipinski definition) is 5. The fourth-order valence-corrected chi connectivity index (χ4v) is 2.86. The van der Waals surface area contributed by atoms with Crippen LogP contribution in [0.5, 0.6) is 0 Å². The Morgan fingerprint density at radius 2 is 2.00 bits per heavy atom. The summed E-state index contributed by atoms with van der Waals surface area (Å²) in [7, 11) is 1.45. The van der Waals surface area contributed by atoms with Crippen LogP contribution >= 0.6 is 11.6 Å². The lowest BCUT2D eigenvalue weighted by molar-refractivity contribution is 0.215. The molecule has 3 aromatic rings. The molecule has 0 aliphatic rings. The van der Waals surface area contributed by atoms with Crippen molar-refractivity contribution >= 4 is 29.2 Å². The minimum Gasteiger partial charge on any atom is -0.399 e. The molecule has 3 rings (SSSR count). The van der Waals surface area contributed by atoms with Crippen molar-refractivity contribution in [3.63, 3.8) is 0 Å². The van der Waals surface area contributed by atoms with Gasteiger partial charge in [0, 0.05) is 22.8 Å². The lowest BCUT2D eigenvalue weighted by atomic mass is 10.1.